The van der Waals surface area contributed by atoms with Crippen molar-refractivity contribution in [2.24, 2.45) is 0 Å². The summed E-state index contributed by atoms with van der Waals surface area (Å²) in [6, 6.07) is 10.8. The number of carbonyl (C=O) groups is 1. The molecule has 0 bridgehead atoms. The van der Waals surface area contributed by atoms with E-state index in [9.17, 15) is 4.79 Å². The van der Waals surface area contributed by atoms with Gasteiger partial charge in [-0.25, -0.2) is 4.79 Å². The second-order valence-corrected chi connectivity index (χ2v) is 5.32. The summed E-state index contributed by atoms with van der Waals surface area (Å²) in [6.45, 7) is 0.743. The number of carbonyl (C=O) groups excluding carboxylic acids is 1. The monoisotopic (exact) mass is 260 g/mol. The second-order valence-electron chi connectivity index (χ2n) is 5.32. The summed E-state index contributed by atoms with van der Waals surface area (Å²) in [5, 5.41) is 6.02. The van der Waals surface area contributed by atoms with Gasteiger partial charge in [0.25, 0.3) is 0 Å². The third-order valence-electron chi connectivity index (χ3n) is 3.71. The Morgan fingerprint density at radius 3 is 2.58 bits per heavy atom. The molecular formula is C16H24N2O. The minimum Gasteiger partial charge on any atom is -0.338 e. The predicted octanol–water partition coefficient (Wildman–Crippen LogP) is 3.25. The lowest BCUT2D eigenvalue weighted by atomic mass is 9.96. The van der Waals surface area contributed by atoms with Gasteiger partial charge in [-0.05, 0) is 31.2 Å². The highest BCUT2D eigenvalue weighted by molar-refractivity contribution is 5.74. The molecule has 1 aromatic carbocycles. The van der Waals surface area contributed by atoms with Gasteiger partial charge in [-0.15, -0.1) is 0 Å². The Hall–Kier alpha value is -1.51. The van der Waals surface area contributed by atoms with Crippen molar-refractivity contribution in [1.82, 2.24) is 10.6 Å². The summed E-state index contributed by atoms with van der Waals surface area (Å²) in [4.78, 5) is 11.7. The zero-order valence-electron chi connectivity index (χ0n) is 11.5. The molecule has 0 saturated heterocycles. The minimum atomic E-state index is -0.0000355. The van der Waals surface area contributed by atoms with Crippen LogP contribution in [0.15, 0.2) is 30.3 Å². The first kappa shape index (κ1) is 13.9. The molecule has 104 valence electrons. The second kappa shape index (κ2) is 7.82. The van der Waals surface area contributed by atoms with Crippen LogP contribution in [0, 0.1) is 0 Å². The van der Waals surface area contributed by atoms with E-state index < -0.39 is 0 Å². The third-order valence-corrected chi connectivity index (χ3v) is 3.71. The molecule has 3 nitrogen and oxygen atoms in total. The van der Waals surface area contributed by atoms with Crippen LogP contribution in [0.2, 0.25) is 0 Å². The normalized spacial score (nSPS) is 16.0. The zero-order chi connectivity index (χ0) is 13.3. The Labute approximate surface area is 115 Å². The fourth-order valence-electron chi connectivity index (χ4n) is 2.62. The Bertz CT molecular complexity index is 372. The van der Waals surface area contributed by atoms with Crippen LogP contribution in [0.25, 0.3) is 0 Å². The van der Waals surface area contributed by atoms with Gasteiger partial charge in [0.05, 0.1) is 0 Å². The standard InChI is InChI=1S/C16H24N2O/c19-16(18-15-11-5-2-6-12-15)17-13-7-10-14-8-3-1-4-9-14/h1,3-4,8-9,15H,2,5-7,10-13H2,(H2,17,18,19). The van der Waals surface area contributed by atoms with Crippen molar-refractivity contribution in [3.8, 4) is 0 Å². The lowest BCUT2D eigenvalue weighted by molar-refractivity contribution is 0.232. The molecule has 2 amide bonds. The maximum Gasteiger partial charge on any atom is 0.315 e. The first-order valence-corrected chi connectivity index (χ1v) is 7.43. The van der Waals surface area contributed by atoms with Gasteiger partial charge in [-0.1, -0.05) is 49.6 Å². The SMILES string of the molecule is O=C(NCCCc1ccccc1)NC1CCCCC1. The van der Waals surface area contributed by atoms with Crippen LogP contribution in [0.1, 0.15) is 44.1 Å². The van der Waals surface area contributed by atoms with E-state index in [0.717, 1.165) is 32.2 Å². The van der Waals surface area contributed by atoms with Crippen molar-refractivity contribution in [1.29, 1.82) is 0 Å². The Morgan fingerprint density at radius 1 is 1.11 bits per heavy atom. The van der Waals surface area contributed by atoms with E-state index in [2.05, 4.69) is 34.9 Å². The van der Waals surface area contributed by atoms with Crippen molar-refractivity contribution < 1.29 is 4.79 Å². The molecule has 1 saturated carbocycles. The van der Waals surface area contributed by atoms with Crippen molar-refractivity contribution in [2.45, 2.75) is 51.0 Å². The third kappa shape index (κ3) is 5.33. The molecule has 1 aromatic rings. The molecule has 19 heavy (non-hydrogen) atoms. The maximum absolute atomic E-state index is 11.7. The molecule has 0 heterocycles. The number of benzene rings is 1. The number of nitrogens with one attached hydrogen (secondary N) is 2. The van der Waals surface area contributed by atoms with Crippen molar-refractivity contribution in [3.05, 3.63) is 35.9 Å². The molecule has 0 aliphatic heterocycles. The van der Waals surface area contributed by atoms with E-state index in [-0.39, 0.29) is 6.03 Å². The molecule has 3 heteroatoms. The van der Waals surface area contributed by atoms with Crippen molar-refractivity contribution in [3.63, 3.8) is 0 Å². The number of hydrogen-bond donors (Lipinski definition) is 2. The van der Waals surface area contributed by atoms with Gasteiger partial charge >= 0.3 is 6.03 Å². The van der Waals surface area contributed by atoms with Crippen LogP contribution in [0.4, 0.5) is 4.79 Å². The van der Waals surface area contributed by atoms with Gasteiger partial charge in [-0.2, -0.15) is 0 Å². The average Bonchev–Trinajstić information content (AvgIpc) is 2.46. The van der Waals surface area contributed by atoms with E-state index in [1.807, 2.05) is 6.07 Å². The van der Waals surface area contributed by atoms with Crippen LogP contribution in [-0.2, 0) is 6.42 Å². The van der Waals surface area contributed by atoms with Crippen LogP contribution < -0.4 is 10.6 Å². The largest absolute Gasteiger partial charge is 0.338 e. The van der Waals surface area contributed by atoms with Crippen molar-refractivity contribution >= 4 is 6.03 Å². The number of amides is 2. The van der Waals surface area contributed by atoms with E-state index in [0.29, 0.717) is 6.04 Å². The number of rotatable bonds is 5. The zero-order valence-corrected chi connectivity index (χ0v) is 11.5. The summed E-state index contributed by atoms with van der Waals surface area (Å²) < 4.78 is 0. The minimum absolute atomic E-state index is 0.0000355. The lowest BCUT2D eigenvalue weighted by Crippen LogP contribution is -2.43. The molecule has 2 rings (SSSR count). The van der Waals surface area contributed by atoms with E-state index in [1.165, 1.54) is 24.8 Å². The van der Waals surface area contributed by atoms with Gasteiger partial charge in [0, 0.05) is 12.6 Å². The van der Waals surface area contributed by atoms with Gasteiger partial charge in [0.1, 0.15) is 0 Å². The van der Waals surface area contributed by atoms with Gasteiger partial charge in [-0.3, -0.25) is 0 Å². The van der Waals surface area contributed by atoms with Crippen LogP contribution >= 0.6 is 0 Å². The lowest BCUT2D eigenvalue weighted by Gasteiger charge is -2.22. The summed E-state index contributed by atoms with van der Waals surface area (Å²) in [6.07, 6.45) is 8.09. The van der Waals surface area contributed by atoms with Crippen LogP contribution in [0.5, 0.6) is 0 Å². The Balaban J connectivity index is 1.56. The molecule has 1 aliphatic rings. The summed E-state index contributed by atoms with van der Waals surface area (Å²) in [5.74, 6) is 0. The molecule has 0 aromatic heterocycles. The number of aryl methyl sites for hydroxylation is 1. The molecule has 0 spiro atoms. The smallest absolute Gasteiger partial charge is 0.315 e. The van der Waals surface area contributed by atoms with E-state index in [4.69, 9.17) is 0 Å². The highest BCUT2D eigenvalue weighted by Gasteiger charge is 2.14. The molecule has 2 N–H and O–H groups in total. The van der Waals surface area contributed by atoms with Crippen LogP contribution in [0.3, 0.4) is 0 Å². The molecule has 0 radical (unpaired) electrons. The molecule has 0 atom stereocenters. The number of hydrogen-bond acceptors (Lipinski definition) is 1. The van der Waals surface area contributed by atoms with Crippen molar-refractivity contribution in [2.75, 3.05) is 6.54 Å². The predicted molar refractivity (Wildman–Crippen MR) is 78.2 cm³/mol. The van der Waals surface area contributed by atoms with E-state index >= 15 is 0 Å². The summed E-state index contributed by atoms with van der Waals surface area (Å²) in [5.41, 5.74) is 1.33. The topological polar surface area (TPSA) is 41.1 Å². The summed E-state index contributed by atoms with van der Waals surface area (Å²) in [7, 11) is 0. The summed E-state index contributed by atoms with van der Waals surface area (Å²) >= 11 is 0. The number of urea groups is 1. The molecule has 1 fully saturated rings. The van der Waals surface area contributed by atoms with E-state index in [1.54, 1.807) is 0 Å². The Kier molecular flexibility index (Phi) is 5.73. The molecule has 1 aliphatic carbocycles. The Morgan fingerprint density at radius 2 is 1.84 bits per heavy atom. The van der Waals surface area contributed by atoms with Gasteiger partial charge < -0.3 is 10.6 Å². The maximum atomic E-state index is 11.7. The first-order chi connectivity index (χ1) is 9.34. The van der Waals surface area contributed by atoms with Gasteiger partial charge in [0.15, 0.2) is 0 Å². The fourth-order valence-corrected chi connectivity index (χ4v) is 2.62. The fraction of sp³-hybridized carbons (Fsp3) is 0.562. The van der Waals surface area contributed by atoms with Crippen LogP contribution in [-0.4, -0.2) is 18.6 Å². The highest BCUT2D eigenvalue weighted by Crippen LogP contribution is 2.17. The first-order valence-electron chi connectivity index (χ1n) is 7.43. The molecular weight excluding hydrogens is 236 g/mol. The average molecular weight is 260 g/mol. The quantitative estimate of drug-likeness (QED) is 0.784. The molecule has 0 unspecified atom stereocenters. The highest BCUT2D eigenvalue weighted by atomic mass is 16.2. The van der Waals surface area contributed by atoms with Gasteiger partial charge in [0.2, 0.25) is 0 Å².